The molecule has 1 heterocycles. The highest BCUT2D eigenvalue weighted by molar-refractivity contribution is 5.74. The van der Waals surface area contributed by atoms with E-state index in [2.05, 4.69) is 20.8 Å². The molecule has 0 saturated carbocycles. The fourth-order valence-corrected chi connectivity index (χ4v) is 1.31. The van der Waals surface area contributed by atoms with E-state index >= 15 is 0 Å². The predicted molar refractivity (Wildman–Crippen MR) is 59.1 cm³/mol. The van der Waals surface area contributed by atoms with Crippen LogP contribution >= 0.6 is 0 Å². The van der Waals surface area contributed by atoms with E-state index in [0.717, 1.165) is 0 Å². The number of tetrazole rings is 1. The monoisotopic (exact) mass is 257 g/mol. The summed E-state index contributed by atoms with van der Waals surface area (Å²) < 4.78 is 1.35. The van der Waals surface area contributed by atoms with Crippen LogP contribution in [-0.2, 0) is 17.8 Å². The van der Waals surface area contributed by atoms with E-state index in [4.69, 9.17) is 10.9 Å². The first-order valence-corrected chi connectivity index (χ1v) is 5.34. The Labute approximate surface area is 102 Å². The van der Waals surface area contributed by atoms with Crippen LogP contribution in [0.2, 0.25) is 0 Å². The van der Waals surface area contributed by atoms with Crippen LogP contribution in [0.15, 0.2) is 0 Å². The highest BCUT2D eigenvalue weighted by atomic mass is 16.4. The van der Waals surface area contributed by atoms with Crippen molar-refractivity contribution in [1.29, 1.82) is 0 Å². The molecule has 0 aliphatic rings. The quantitative estimate of drug-likeness (QED) is 0.196. The Kier molecular flexibility index (Phi) is 5.51. The summed E-state index contributed by atoms with van der Waals surface area (Å²) in [5.41, 5.74) is 1.99. The summed E-state index contributed by atoms with van der Waals surface area (Å²) in [7, 11) is 0. The second-order valence-corrected chi connectivity index (χ2v) is 3.51. The van der Waals surface area contributed by atoms with Crippen molar-refractivity contribution in [2.75, 3.05) is 6.54 Å². The lowest BCUT2D eigenvalue weighted by Gasteiger charge is -2.03. The lowest BCUT2D eigenvalue weighted by molar-refractivity contribution is -0.122. The lowest BCUT2D eigenvalue weighted by atomic mass is 10.2. The largest absolute Gasteiger partial charge is 0.465 e. The molecular formula is C8H15N7O3. The number of hydrogen-bond acceptors (Lipinski definition) is 6. The number of nitrogens with two attached hydrogens (primary N) is 1. The molecule has 10 nitrogen and oxygen atoms in total. The van der Waals surface area contributed by atoms with E-state index in [1.807, 2.05) is 5.43 Å². The van der Waals surface area contributed by atoms with Crippen LogP contribution in [0.4, 0.5) is 4.79 Å². The molecular weight excluding hydrogens is 242 g/mol. The van der Waals surface area contributed by atoms with Gasteiger partial charge in [0.25, 0.3) is 5.91 Å². The smallest absolute Gasteiger partial charge is 0.404 e. The molecule has 0 saturated heterocycles. The van der Waals surface area contributed by atoms with E-state index in [0.29, 0.717) is 31.6 Å². The minimum absolute atomic E-state index is 0.0355. The number of aryl methyl sites for hydroxylation is 1. The second kappa shape index (κ2) is 7.17. The summed E-state index contributed by atoms with van der Waals surface area (Å²) in [5.74, 6) is 5.13. The van der Waals surface area contributed by atoms with Gasteiger partial charge in [0, 0.05) is 13.0 Å². The minimum atomic E-state index is -1.04. The first kappa shape index (κ1) is 13.8. The number of carbonyl (C=O) groups excluding carboxylic acids is 1. The number of hydrogen-bond donors (Lipinski definition) is 4. The number of hydrazine groups is 1. The Morgan fingerprint density at radius 1 is 1.39 bits per heavy atom. The highest BCUT2D eigenvalue weighted by Crippen LogP contribution is 2.00. The molecule has 0 radical (unpaired) electrons. The van der Waals surface area contributed by atoms with Crippen LogP contribution in [0.1, 0.15) is 18.7 Å². The molecule has 0 atom stereocenters. The van der Waals surface area contributed by atoms with Crippen molar-refractivity contribution in [2.45, 2.75) is 25.8 Å². The summed E-state index contributed by atoms with van der Waals surface area (Å²) in [4.78, 5) is 21.3. The predicted octanol–water partition coefficient (Wildman–Crippen LogP) is -1.75. The molecule has 0 fully saturated rings. The van der Waals surface area contributed by atoms with Gasteiger partial charge in [-0.05, 0) is 23.3 Å². The summed E-state index contributed by atoms with van der Waals surface area (Å²) in [6, 6.07) is 0. The van der Waals surface area contributed by atoms with Crippen LogP contribution in [0.3, 0.4) is 0 Å². The van der Waals surface area contributed by atoms with E-state index in [1.165, 1.54) is 4.68 Å². The van der Waals surface area contributed by atoms with Crippen molar-refractivity contribution in [3.8, 4) is 0 Å². The van der Waals surface area contributed by atoms with Crippen molar-refractivity contribution in [2.24, 2.45) is 5.84 Å². The van der Waals surface area contributed by atoms with Crippen molar-refractivity contribution in [1.82, 2.24) is 30.9 Å². The van der Waals surface area contributed by atoms with Gasteiger partial charge in [-0.2, -0.15) is 0 Å². The maximum Gasteiger partial charge on any atom is 0.404 e. The number of carbonyl (C=O) groups is 2. The standard InChI is InChI=1S/C8H15N7O3/c9-11-7(16)5-15-6(12-13-14-15)3-1-2-4-10-8(17)18/h10H,1-5,9H2,(H,11,16)(H,17,18). The first-order chi connectivity index (χ1) is 8.63. The van der Waals surface area contributed by atoms with E-state index in [-0.39, 0.29) is 6.54 Å². The number of unbranched alkanes of at least 4 members (excludes halogenated alkanes) is 1. The van der Waals surface area contributed by atoms with Crippen molar-refractivity contribution in [3.63, 3.8) is 0 Å². The second-order valence-electron chi connectivity index (χ2n) is 3.51. The van der Waals surface area contributed by atoms with Gasteiger partial charge in [-0.1, -0.05) is 0 Å². The fourth-order valence-electron chi connectivity index (χ4n) is 1.31. The summed E-state index contributed by atoms with van der Waals surface area (Å²) in [5, 5.41) is 21.5. The van der Waals surface area contributed by atoms with Gasteiger partial charge in [-0.3, -0.25) is 10.2 Å². The first-order valence-electron chi connectivity index (χ1n) is 5.34. The lowest BCUT2D eigenvalue weighted by Crippen LogP contribution is -2.34. The Bertz CT molecular complexity index is 405. The van der Waals surface area contributed by atoms with E-state index in [9.17, 15) is 9.59 Å². The van der Waals surface area contributed by atoms with Gasteiger partial charge in [0.2, 0.25) is 0 Å². The van der Waals surface area contributed by atoms with Crippen molar-refractivity contribution in [3.05, 3.63) is 5.82 Å². The molecule has 5 N–H and O–H groups in total. The average molecular weight is 257 g/mol. The Morgan fingerprint density at radius 3 is 2.83 bits per heavy atom. The number of rotatable bonds is 7. The highest BCUT2D eigenvalue weighted by Gasteiger charge is 2.09. The van der Waals surface area contributed by atoms with E-state index < -0.39 is 12.0 Å². The third kappa shape index (κ3) is 4.74. The topological polar surface area (TPSA) is 148 Å². The molecule has 0 unspecified atom stereocenters. The molecule has 0 aliphatic carbocycles. The zero-order valence-electron chi connectivity index (χ0n) is 9.67. The van der Waals surface area contributed by atoms with E-state index in [1.54, 1.807) is 0 Å². The molecule has 2 amide bonds. The van der Waals surface area contributed by atoms with Crippen LogP contribution < -0.4 is 16.6 Å². The van der Waals surface area contributed by atoms with Crippen LogP contribution in [-0.4, -0.2) is 43.9 Å². The van der Waals surface area contributed by atoms with Crippen molar-refractivity contribution < 1.29 is 14.7 Å². The maximum atomic E-state index is 11.1. The Morgan fingerprint density at radius 2 is 2.17 bits per heavy atom. The molecule has 10 heteroatoms. The Balaban J connectivity index is 2.31. The molecule has 0 aliphatic heterocycles. The van der Waals surface area contributed by atoms with Gasteiger partial charge in [0.1, 0.15) is 6.54 Å². The molecule has 0 aromatic carbocycles. The van der Waals surface area contributed by atoms with Crippen LogP contribution in [0.25, 0.3) is 0 Å². The molecule has 18 heavy (non-hydrogen) atoms. The van der Waals surface area contributed by atoms with Gasteiger partial charge in [0.15, 0.2) is 5.82 Å². The number of nitrogens with zero attached hydrogens (tertiary/aromatic N) is 4. The SMILES string of the molecule is NNC(=O)Cn1nnnc1CCCCNC(=O)O. The molecule has 1 rings (SSSR count). The normalized spacial score (nSPS) is 10.1. The Hall–Kier alpha value is -2.23. The number of amides is 2. The molecule has 0 spiro atoms. The van der Waals surface area contributed by atoms with Gasteiger partial charge >= 0.3 is 6.09 Å². The molecule has 100 valence electrons. The molecule has 1 aromatic rings. The molecule has 0 bridgehead atoms. The van der Waals surface area contributed by atoms with Crippen LogP contribution in [0.5, 0.6) is 0 Å². The summed E-state index contributed by atoms with van der Waals surface area (Å²) in [6.07, 6.45) is 0.902. The zero-order chi connectivity index (χ0) is 13.4. The van der Waals surface area contributed by atoms with Gasteiger partial charge in [-0.25, -0.2) is 15.3 Å². The minimum Gasteiger partial charge on any atom is -0.465 e. The third-order valence-electron chi connectivity index (χ3n) is 2.16. The van der Waals surface area contributed by atoms with Gasteiger partial charge in [-0.15, -0.1) is 5.10 Å². The average Bonchev–Trinajstić information content (AvgIpc) is 2.75. The zero-order valence-corrected chi connectivity index (χ0v) is 9.67. The van der Waals surface area contributed by atoms with Crippen molar-refractivity contribution >= 4 is 12.0 Å². The number of carboxylic acid groups (broad SMARTS) is 1. The maximum absolute atomic E-state index is 11.1. The van der Waals surface area contributed by atoms with Gasteiger partial charge < -0.3 is 10.4 Å². The van der Waals surface area contributed by atoms with Crippen LogP contribution in [0, 0.1) is 0 Å². The fraction of sp³-hybridized carbons (Fsp3) is 0.625. The summed E-state index contributed by atoms with van der Waals surface area (Å²) in [6.45, 7) is 0.340. The number of aromatic nitrogens is 4. The van der Waals surface area contributed by atoms with Gasteiger partial charge in [0.05, 0.1) is 0 Å². The summed E-state index contributed by atoms with van der Waals surface area (Å²) >= 11 is 0. The number of nitrogens with one attached hydrogen (secondary N) is 2. The molecule has 1 aromatic heterocycles. The third-order valence-corrected chi connectivity index (χ3v) is 2.16.